The Morgan fingerprint density at radius 1 is 0.960 bits per heavy atom. The zero-order valence-corrected chi connectivity index (χ0v) is 15.5. The summed E-state index contributed by atoms with van der Waals surface area (Å²) >= 11 is 1.66. The molecule has 2 nitrogen and oxygen atoms in total. The van der Waals surface area contributed by atoms with Gasteiger partial charge in [-0.3, -0.25) is 4.79 Å². The van der Waals surface area contributed by atoms with Gasteiger partial charge in [0, 0.05) is 12.3 Å². The van der Waals surface area contributed by atoms with Crippen LogP contribution in [0.3, 0.4) is 0 Å². The van der Waals surface area contributed by atoms with E-state index in [0.717, 1.165) is 11.3 Å². The van der Waals surface area contributed by atoms with E-state index in [4.69, 9.17) is 0 Å². The number of nitrogens with one attached hydrogen (secondary N) is 1. The molecule has 3 rings (SSSR count). The molecule has 0 unspecified atom stereocenters. The van der Waals surface area contributed by atoms with Crippen molar-refractivity contribution in [1.82, 2.24) is 5.32 Å². The van der Waals surface area contributed by atoms with Crippen LogP contribution in [-0.4, -0.2) is 11.7 Å². The number of hydrogen-bond acceptors (Lipinski definition) is 2. The molecule has 0 saturated carbocycles. The fourth-order valence-electron chi connectivity index (χ4n) is 3.11. The first kappa shape index (κ1) is 17.6. The van der Waals surface area contributed by atoms with Crippen LogP contribution in [-0.2, 0) is 17.1 Å². The van der Waals surface area contributed by atoms with E-state index >= 15 is 0 Å². The Balaban J connectivity index is 1.51. The van der Waals surface area contributed by atoms with Crippen molar-refractivity contribution >= 4 is 28.4 Å². The van der Waals surface area contributed by atoms with Crippen LogP contribution in [0.2, 0.25) is 0 Å². The second-order valence-corrected chi connectivity index (χ2v) is 7.39. The standard InChI is InChI=1S/C22H23NOS/c1-16-10-17(2)12-18(11-16)14-25-15-22(24)23-13-20-8-5-7-19-6-3-4-9-21(19)20/h3-12H,13-15H2,1-2H3,(H,23,24). The van der Waals surface area contributed by atoms with E-state index in [9.17, 15) is 4.79 Å². The largest absolute Gasteiger partial charge is 0.351 e. The summed E-state index contributed by atoms with van der Waals surface area (Å²) in [5, 5.41) is 5.45. The molecular formula is C22H23NOS. The number of benzene rings is 3. The molecule has 0 atom stereocenters. The van der Waals surface area contributed by atoms with Gasteiger partial charge >= 0.3 is 0 Å². The van der Waals surface area contributed by atoms with Crippen LogP contribution in [0.25, 0.3) is 10.8 Å². The quantitative estimate of drug-likeness (QED) is 0.678. The summed E-state index contributed by atoms with van der Waals surface area (Å²) in [6.07, 6.45) is 0. The molecule has 0 bridgehead atoms. The summed E-state index contributed by atoms with van der Waals surface area (Å²) in [4.78, 5) is 12.1. The van der Waals surface area contributed by atoms with Crippen molar-refractivity contribution in [3.8, 4) is 0 Å². The molecule has 0 saturated heterocycles. The number of hydrogen-bond donors (Lipinski definition) is 1. The first-order valence-corrected chi connectivity index (χ1v) is 9.65. The molecular weight excluding hydrogens is 326 g/mol. The van der Waals surface area contributed by atoms with E-state index in [1.54, 1.807) is 11.8 Å². The minimum absolute atomic E-state index is 0.0855. The second kappa shape index (κ2) is 8.21. The van der Waals surface area contributed by atoms with Gasteiger partial charge < -0.3 is 5.32 Å². The number of thioether (sulfide) groups is 1. The average Bonchev–Trinajstić information content (AvgIpc) is 2.59. The highest BCUT2D eigenvalue weighted by atomic mass is 32.2. The number of aryl methyl sites for hydroxylation is 2. The number of amides is 1. The zero-order chi connectivity index (χ0) is 17.6. The molecule has 3 heteroatoms. The molecule has 0 spiro atoms. The molecule has 0 aliphatic carbocycles. The summed E-state index contributed by atoms with van der Waals surface area (Å²) in [6, 6.07) is 21.0. The van der Waals surface area contributed by atoms with Gasteiger partial charge in [0.15, 0.2) is 0 Å². The monoisotopic (exact) mass is 349 g/mol. The smallest absolute Gasteiger partial charge is 0.230 e. The van der Waals surface area contributed by atoms with Crippen molar-refractivity contribution in [2.75, 3.05) is 5.75 Å². The van der Waals surface area contributed by atoms with E-state index in [2.05, 4.69) is 61.6 Å². The zero-order valence-electron chi connectivity index (χ0n) is 14.7. The van der Waals surface area contributed by atoms with Gasteiger partial charge in [-0.1, -0.05) is 71.8 Å². The second-order valence-electron chi connectivity index (χ2n) is 6.40. The van der Waals surface area contributed by atoms with Crippen molar-refractivity contribution in [2.45, 2.75) is 26.1 Å². The molecule has 0 radical (unpaired) electrons. The Bertz CT molecular complexity index is 863. The number of rotatable bonds is 6. The van der Waals surface area contributed by atoms with Crippen LogP contribution in [0.5, 0.6) is 0 Å². The maximum Gasteiger partial charge on any atom is 0.230 e. The van der Waals surface area contributed by atoms with E-state index in [1.807, 2.05) is 18.2 Å². The maximum absolute atomic E-state index is 12.1. The van der Waals surface area contributed by atoms with Gasteiger partial charge in [-0.15, -0.1) is 11.8 Å². The van der Waals surface area contributed by atoms with E-state index < -0.39 is 0 Å². The SMILES string of the molecule is Cc1cc(C)cc(CSCC(=O)NCc2cccc3ccccc23)c1. The Morgan fingerprint density at radius 2 is 1.68 bits per heavy atom. The molecule has 3 aromatic carbocycles. The van der Waals surface area contributed by atoms with Crippen molar-refractivity contribution < 1.29 is 4.79 Å². The molecule has 25 heavy (non-hydrogen) atoms. The highest BCUT2D eigenvalue weighted by Gasteiger charge is 2.05. The Hall–Kier alpha value is -2.26. The lowest BCUT2D eigenvalue weighted by Gasteiger charge is -2.09. The first-order chi connectivity index (χ1) is 12.1. The van der Waals surface area contributed by atoms with Gasteiger partial charge in [0.1, 0.15) is 0 Å². The molecule has 0 heterocycles. The Labute approximate surface area is 153 Å². The molecule has 128 valence electrons. The third-order valence-electron chi connectivity index (χ3n) is 4.14. The van der Waals surface area contributed by atoms with Crippen molar-refractivity contribution in [1.29, 1.82) is 0 Å². The summed E-state index contributed by atoms with van der Waals surface area (Å²) in [6.45, 7) is 4.79. The van der Waals surface area contributed by atoms with Gasteiger partial charge in [-0.25, -0.2) is 0 Å². The summed E-state index contributed by atoms with van der Waals surface area (Å²) in [5.41, 5.74) is 4.99. The van der Waals surface area contributed by atoms with Crippen LogP contribution < -0.4 is 5.32 Å². The minimum atomic E-state index is 0.0855. The predicted octanol–water partition coefficient (Wildman–Crippen LogP) is 5.01. The van der Waals surface area contributed by atoms with Gasteiger partial charge in [0.2, 0.25) is 5.91 Å². The van der Waals surface area contributed by atoms with Crippen LogP contribution in [0.1, 0.15) is 22.3 Å². The third-order valence-corrected chi connectivity index (χ3v) is 5.14. The predicted molar refractivity (Wildman–Crippen MR) is 108 cm³/mol. The summed E-state index contributed by atoms with van der Waals surface area (Å²) in [5.74, 6) is 1.43. The molecule has 3 aromatic rings. The maximum atomic E-state index is 12.1. The number of fused-ring (bicyclic) bond motifs is 1. The topological polar surface area (TPSA) is 29.1 Å². The molecule has 1 N–H and O–H groups in total. The normalized spacial score (nSPS) is 10.8. The first-order valence-electron chi connectivity index (χ1n) is 8.50. The van der Waals surface area contributed by atoms with Crippen LogP contribution in [0.15, 0.2) is 60.7 Å². The highest BCUT2D eigenvalue weighted by Crippen LogP contribution is 2.19. The molecule has 1 amide bonds. The minimum Gasteiger partial charge on any atom is -0.351 e. The van der Waals surface area contributed by atoms with Crippen LogP contribution in [0.4, 0.5) is 0 Å². The van der Waals surface area contributed by atoms with Crippen LogP contribution >= 0.6 is 11.8 Å². The lowest BCUT2D eigenvalue weighted by molar-refractivity contribution is -0.118. The lowest BCUT2D eigenvalue weighted by atomic mass is 10.0. The Kier molecular flexibility index (Phi) is 5.77. The molecule has 0 aliphatic heterocycles. The fourth-order valence-corrected chi connectivity index (χ4v) is 3.90. The van der Waals surface area contributed by atoms with Crippen molar-refractivity contribution in [3.63, 3.8) is 0 Å². The van der Waals surface area contributed by atoms with Gasteiger partial charge in [0.05, 0.1) is 5.75 Å². The summed E-state index contributed by atoms with van der Waals surface area (Å²) in [7, 11) is 0. The van der Waals surface area contributed by atoms with Gasteiger partial charge in [-0.2, -0.15) is 0 Å². The van der Waals surface area contributed by atoms with Gasteiger partial charge in [0.25, 0.3) is 0 Å². The fraction of sp³-hybridized carbons (Fsp3) is 0.227. The molecule has 0 aromatic heterocycles. The number of carbonyl (C=O) groups is 1. The van der Waals surface area contributed by atoms with E-state index in [-0.39, 0.29) is 5.91 Å². The van der Waals surface area contributed by atoms with E-state index in [1.165, 1.54) is 27.5 Å². The highest BCUT2D eigenvalue weighted by molar-refractivity contribution is 7.99. The van der Waals surface area contributed by atoms with Crippen molar-refractivity contribution in [3.05, 3.63) is 82.9 Å². The summed E-state index contributed by atoms with van der Waals surface area (Å²) < 4.78 is 0. The lowest BCUT2D eigenvalue weighted by Crippen LogP contribution is -2.24. The van der Waals surface area contributed by atoms with E-state index in [0.29, 0.717) is 12.3 Å². The molecule has 0 aliphatic rings. The van der Waals surface area contributed by atoms with Gasteiger partial charge in [-0.05, 0) is 35.7 Å². The Morgan fingerprint density at radius 3 is 2.48 bits per heavy atom. The van der Waals surface area contributed by atoms with Crippen LogP contribution in [0, 0.1) is 13.8 Å². The average molecular weight is 349 g/mol. The molecule has 0 fully saturated rings. The third kappa shape index (κ3) is 4.86. The van der Waals surface area contributed by atoms with Crippen molar-refractivity contribution in [2.24, 2.45) is 0 Å². The number of carbonyl (C=O) groups excluding carboxylic acids is 1.